The predicted octanol–water partition coefficient (Wildman–Crippen LogP) is 3.67. The summed E-state index contributed by atoms with van der Waals surface area (Å²) in [5, 5.41) is 11.3. The molecule has 114 valence electrons. The maximum absolute atomic E-state index is 14.0. The summed E-state index contributed by atoms with van der Waals surface area (Å²) in [6.07, 6.45) is 0.00109. The lowest BCUT2D eigenvalue weighted by atomic mass is 10.1. The number of carboxylic acids is 1. The summed E-state index contributed by atoms with van der Waals surface area (Å²) < 4.78 is 41.4. The Bertz CT molecular complexity index is 775. The number of carbonyl (C=O) groups is 2. The van der Waals surface area contributed by atoms with Crippen molar-refractivity contribution in [3.05, 3.63) is 58.4 Å². The monoisotopic (exact) mass is 309 g/mol. The molecule has 0 bridgehead atoms. The Labute approximate surface area is 123 Å². The fourth-order valence-electron chi connectivity index (χ4n) is 1.88. The van der Waals surface area contributed by atoms with E-state index in [0.717, 1.165) is 6.07 Å². The van der Waals surface area contributed by atoms with Gasteiger partial charge in [0.25, 0.3) is 0 Å². The van der Waals surface area contributed by atoms with Gasteiger partial charge in [-0.1, -0.05) is 6.07 Å². The molecule has 0 aromatic heterocycles. The van der Waals surface area contributed by atoms with E-state index in [1.54, 1.807) is 6.92 Å². The van der Waals surface area contributed by atoms with Crippen molar-refractivity contribution in [1.82, 2.24) is 0 Å². The summed E-state index contributed by atoms with van der Waals surface area (Å²) in [6, 6.07) is 4.61. The van der Waals surface area contributed by atoms with Gasteiger partial charge in [0.2, 0.25) is 0 Å². The Morgan fingerprint density at radius 1 is 1.18 bits per heavy atom. The Morgan fingerprint density at radius 3 is 2.41 bits per heavy atom. The summed E-state index contributed by atoms with van der Waals surface area (Å²) in [4.78, 5) is 21.8. The van der Waals surface area contributed by atoms with Gasteiger partial charge in [-0.15, -0.1) is 0 Å². The van der Waals surface area contributed by atoms with Crippen LogP contribution in [-0.4, -0.2) is 17.4 Å². The minimum Gasteiger partial charge on any atom is -0.478 e. The molecule has 2 aromatic rings. The number of carboxylic acid groups (broad SMARTS) is 1. The molecule has 0 unspecified atom stereocenters. The molecule has 0 saturated heterocycles. The van der Waals surface area contributed by atoms with Gasteiger partial charge in [-0.3, -0.25) is 4.79 Å². The first-order valence-electron chi connectivity index (χ1n) is 6.08. The number of hydrogen-bond donors (Lipinski definition) is 2. The van der Waals surface area contributed by atoms with E-state index < -0.39 is 40.2 Å². The minimum atomic E-state index is -1.59. The average Bonchev–Trinajstić information content (AvgIpc) is 2.46. The maximum atomic E-state index is 14.0. The van der Waals surface area contributed by atoms with Crippen molar-refractivity contribution in [2.75, 3.05) is 5.32 Å². The molecule has 0 aliphatic heterocycles. The van der Waals surface area contributed by atoms with Gasteiger partial charge >= 0.3 is 5.97 Å². The molecular weight excluding hydrogens is 299 g/mol. The summed E-state index contributed by atoms with van der Waals surface area (Å²) in [6.45, 7) is 1.63. The largest absolute Gasteiger partial charge is 0.478 e. The first-order valence-corrected chi connectivity index (χ1v) is 6.08. The zero-order valence-electron chi connectivity index (χ0n) is 11.3. The van der Waals surface area contributed by atoms with Crippen molar-refractivity contribution in [1.29, 1.82) is 0 Å². The van der Waals surface area contributed by atoms with Crippen molar-refractivity contribution in [3.8, 4) is 0 Å². The molecule has 0 fully saturated rings. The second kappa shape index (κ2) is 5.88. The molecule has 0 heterocycles. The highest BCUT2D eigenvalue weighted by molar-refractivity contribution is 5.97. The van der Waals surface area contributed by atoms with Gasteiger partial charge in [0.05, 0.1) is 22.5 Å². The fourth-order valence-corrected chi connectivity index (χ4v) is 1.88. The van der Waals surface area contributed by atoms with Crippen LogP contribution < -0.4 is 5.32 Å². The quantitative estimate of drug-likeness (QED) is 0.846. The van der Waals surface area contributed by atoms with E-state index in [9.17, 15) is 22.8 Å². The van der Waals surface area contributed by atoms with Crippen molar-refractivity contribution < 1.29 is 27.9 Å². The molecule has 22 heavy (non-hydrogen) atoms. The third kappa shape index (κ3) is 2.78. The molecule has 2 aromatic carbocycles. The zero-order chi connectivity index (χ0) is 16.4. The van der Waals surface area contributed by atoms with Crippen molar-refractivity contribution >= 4 is 23.6 Å². The molecule has 2 rings (SSSR count). The Kier molecular flexibility index (Phi) is 4.16. The van der Waals surface area contributed by atoms with Crippen LogP contribution in [0, 0.1) is 24.4 Å². The van der Waals surface area contributed by atoms with Crippen LogP contribution in [0.25, 0.3) is 0 Å². The summed E-state index contributed by atoms with van der Waals surface area (Å²) >= 11 is 0. The molecule has 0 atom stereocenters. The number of hydrogen-bond acceptors (Lipinski definition) is 3. The van der Waals surface area contributed by atoms with E-state index in [4.69, 9.17) is 5.11 Å². The van der Waals surface area contributed by atoms with Gasteiger partial charge in [0.1, 0.15) is 5.82 Å². The number of aryl methyl sites for hydroxylation is 1. The Morgan fingerprint density at radius 2 is 1.86 bits per heavy atom. The van der Waals surface area contributed by atoms with E-state index in [-0.39, 0.29) is 12.0 Å². The van der Waals surface area contributed by atoms with Gasteiger partial charge in [-0.25, -0.2) is 18.0 Å². The number of benzene rings is 2. The molecule has 7 heteroatoms. The van der Waals surface area contributed by atoms with Crippen LogP contribution in [0.1, 0.15) is 26.3 Å². The lowest BCUT2D eigenvalue weighted by molar-refractivity contribution is 0.0697. The van der Waals surface area contributed by atoms with Gasteiger partial charge in [-0.05, 0) is 30.7 Å². The van der Waals surface area contributed by atoms with Crippen LogP contribution in [0.3, 0.4) is 0 Å². The Balaban J connectivity index is 2.61. The lowest BCUT2D eigenvalue weighted by Crippen LogP contribution is -2.10. The first kappa shape index (κ1) is 15.6. The number of carbonyl (C=O) groups excluding carboxylic acids is 1. The Hall–Kier alpha value is -2.83. The van der Waals surface area contributed by atoms with E-state index in [1.165, 1.54) is 12.1 Å². The van der Waals surface area contributed by atoms with Gasteiger partial charge in [-0.2, -0.15) is 0 Å². The summed E-state index contributed by atoms with van der Waals surface area (Å²) in [5.74, 6) is -5.41. The van der Waals surface area contributed by atoms with Crippen LogP contribution >= 0.6 is 0 Å². The molecular formula is C15H10F3NO3. The number of anilines is 2. The highest BCUT2D eigenvalue weighted by atomic mass is 19.2. The second-order valence-corrected chi connectivity index (χ2v) is 4.55. The van der Waals surface area contributed by atoms with Crippen LogP contribution in [0.5, 0.6) is 0 Å². The maximum Gasteiger partial charge on any atom is 0.337 e. The molecule has 0 amide bonds. The number of halogens is 3. The van der Waals surface area contributed by atoms with Crippen LogP contribution in [0.15, 0.2) is 24.3 Å². The first-order chi connectivity index (χ1) is 10.3. The van der Waals surface area contributed by atoms with Crippen molar-refractivity contribution in [3.63, 3.8) is 0 Å². The number of aldehydes is 1. The SMILES string of the molecule is Cc1ccc(Nc2c(C(=O)O)cc(C=O)c(F)c2F)c(F)c1. The zero-order valence-corrected chi connectivity index (χ0v) is 11.3. The topological polar surface area (TPSA) is 66.4 Å². The van der Waals surface area contributed by atoms with E-state index >= 15 is 0 Å². The van der Waals surface area contributed by atoms with Crippen LogP contribution in [0.4, 0.5) is 24.5 Å². The summed E-state index contributed by atoms with van der Waals surface area (Å²) in [7, 11) is 0. The highest BCUT2D eigenvalue weighted by Crippen LogP contribution is 2.29. The van der Waals surface area contributed by atoms with Crippen LogP contribution in [0.2, 0.25) is 0 Å². The van der Waals surface area contributed by atoms with Gasteiger partial charge < -0.3 is 10.4 Å². The van der Waals surface area contributed by atoms with Crippen LogP contribution in [-0.2, 0) is 0 Å². The molecule has 0 saturated carbocycles. The molecule has 2 N–H and O–H groups in total. The van der Waals surface area contributed by atoms with E-state index in [1.807, 2.05) is 0 Å². The average molecular weight is 309 g/mol. The number of rotatable bonds is 4. The third-order valence-electron chi connectivity index (χ3n) is 2.98. The smallest absolute Gasteiger partial charge is 0.337 e. The lowest BCUT2D eigenvalue weighted by Gasteiger charge is -2.13. The minimum absolute atomic E-state index is 0.00109. The second-order valence-electron chi connectivity index (χ2n) is 4.55. The molecule has 0 aliphatic carbocycles. The molecule has 0 radical (unpaired) electrons. The van der Waals surface area contributed by atoms with Gasteiger partial charge in [0.15, 0.2) is 17.9 Å². The normalized spacial score (nSPS) is 10.4. The third-order valence-corrected chi connectivity index (χ3v) is 2.98. The highest BCUT2D eigenvalue weighted by Gasteiger charge is 2.23. The standard InChI is InChI=1S/C15H10F3NO3/c1-7-2-3-11(10(16)4-7)19-14-9(15(21)22)5-8(6-20)12(17)13(14)18/h2-6,19H,1H3,(H,21,22). The van der Waals surface area contributed by atoms with Crippen molar-refractivity contribution in [2.45, 2.75) is 6.92 Å². The number of aromatic carboxylic acids is 1. The molecule has 0 aliphatic rings. The fraction of sp³-hybridized carbons (Fsp3) is 0.0667. The van der Waals surface area contributed by atoms with E-state index in [0.29, 0.717) is 11.6 Å². The van der Waals surface area contributed by atoms with Crippen molar-refractivity contribution in [2.24, 2.45) is 0 Å². The van der Waals surface area contributed by atoms with Gasteiger partial charge in [0, 0.05) is 0 Å². The predicted molar refractivity (Wildman–Crippen MR) is 73.1 cm³/mol. The number of nitrogens with one attached hydrogen (secondary N) is 1. The summed E-state index contributed by atoms with van der Waals surface area (Å²) in [5.41, 5.74) is -1.78. The van der Waals surface area contributed by atoms with E-state index in [2.05, 4.69) is 5.32 Å². The molecule has 0 spiro atoms. The molecule has 4 nitrogen and oxygen atoms in total.